The quantitative estimate of drug-likeness (QED) is 0.797. The van der Waals surface area contributed by atoms with E-state index in [2.05, 4.69) is 0 Å². The maximum atomic E-state index is 12.2. The monoisotopic (exact) mass is 226 g/mol. The van der Waals surface area contributed by atoms with Crippen LogP contribution in [0.1, 0.15) is 47.0 Å². The minimum Gasteiger partial charge on any atom is -0.341 e. The molecule has 16 heavy (non-hydrogen) atoms. The van der Waals surface area contributed by atoms with Crippen molar-refractivity contribution in [3.05, 3.63) is 0 Å². The molecule has 1 aliphatic rings. The largest absolute Gasteiger partial charge is 0.341 e. The van der Waals surface area contributed by atoms with Crippen LogP contribution >= 0.6 is 0 Å². The summed E-state index contributed by atoms with van der Waals surface area (Å²) in [5.74, 6) is 0.831. The predicted octanol–water partition coefficient (Wildman–Crippen LogP) is 2.01. The Morgan fingerprint density at radius 3 is 2.31 bits per heavy atom. The van der Waals surface area contributed by atoms with Crippen LogP contribution in [0.15, 0.2) is 0 Å². The highest BCUT2D eigenvalue weighted by Gasteiger charge is 2.32. The van der Waals surface area contributed by atoms with Crippen molar-refractivity contribution in [2.24, 2.45) is 17.1 Å². The minimum absolute atomic E-state index is 0.113. The molecule has 0 unspecified atom stereocenters. The van der Waals surface area contributed by atoms with Crippen molar-refractivity contribution in [2.75, 3.05) is 13.1 Å². The third kappa shape index (κ3) is 3.21. The van der Waals surface area contributed by atoms with Gasteiger partial charge >= 0.3 is 0 Å². The lowest BCUT2D eigenvalue weighted by Crippen LogP contribution is -2.51. The van der Waals surface area contributed by atoms with Gasteiger partial charge in [-0.2, -0.15) is 0 Å². The second-order valence-electron chi connectivity index (χ2n) is 6.02. The molecule has 3 heteroatoms. The number of carbonyl (C=O) groups excluding carboxylic acids is 1. The Hall–Kier alpha value is -0.570. The Morgan fingerprint density at radius 1 is 1.44 bits per heavy atom. The molecule has 0 bridgehead atoms. The van der Waals surface area contributed by atoms with Gasteiger partial charge in [-0.25, -0.2) is 0 Å². The topological polar surface area (TPSA) is 46.3 Å². The summed E-state index contributed by atoms with van der Waals surface area (Å²) >= 11 is 0. The lowest BCUT2D eigenvalue weighted by molar-refractivity contribution is -0.135. The number of hydrogen-bond donors (Lipinski definition) is 1. The van der Waals surface area contributed by atoms with Crippen LogP contribution in [0.4, 0.5) is 0 Å². The molecule has 94 valence electrons. The SMILES string of the molecule is CCN(CC1CCC1)C(=O)[C@@H](N)C(C)(C)C. The Labute approximate surface area is 99.4 Å². The van der Waals surface area contributed by atoms with Crippen LogP contribution in [0.25, 0.3) is 0 Å². The molecule has 0 radical (unpaired) electrons. The lowest BCUT2D eigenvalue weighted by atomic mass is 9.83. The highest BCUT2D eigenvalue weighted by atomic mass is 16.2. The molecule has 0 aliphatic heterocycles. The van der Waals surface area contributed by atoms with Crippen molar-refractivity contribution in [3.8, 4) is 0 Å². The summed E-state index contributed by atoms with van der Waals surface area (Å²) in [6, 6.07) is -0.382. The van der Waals surface area contributed by atoms with Gasteiger partial charge in [0.1, 0.15) is 0 Å². The van der Waals surface area contributed by atoms with Crippen LogP contribution < -0.4 is 5.73 Å². The summed E-state index contributed by atoms with van der Waals surface area (Å²) in [5.41, 5.74) is 5.87. The average molecular weight is 226 g/mol. The first kappa shape index (κ1) is 13.5. The molecule has 0 aromatic rings. The van der Waals surface area contributed by atoms with Crippen molar-refractivity contribution in [1.29, 1.82) is 0 Å². The minimum atomic E-state index is -0.382. The fourth-order valence-electron chi connectivity index (χ4n) is 1.93. The Balaban J connectivity index is 2.54. The normalized spacial score (nSPS) is 19.1. The van der Waals surface area contributed by atoms with Crippen LogP contribution in [0.5, 0.6) is 0 Å². The number of hydrogen-bond acceptors (Lipinski definition) is 2. The number of rotatable bonds is 4. The maximum absolute atomic E-state index is 12.2. The van der Waals surface area contributed by atoms with Gasteiger partial charge in [0.25, 0.3) is 0 Å². The Bertz CT molecular complexity index is 241. The van der Waals surface area contributed by atoms with Gasteiger partial charge in [0.2, 0.25) is 5.91 Å². The summed E-state index contributed by atoms with van der Waals surface area (Å²) in [5, 5.41) is 0. The van der Waals surface area contributed by atoms with E-state index in [4.69, 9.17) is 5.73 Å². The number of carbonyl (C=O) groups is 1. The van der Waals surface area contributed by atoms with Gasteiger partial charge < -0.3 is 10.6 Å². The third-order valence-electron chi connectivity index (χ3n) is 3.60. The molecule has 1 amide bonds. The maximum Gasteiger partial charge on any atom is 0.240 e. The Morgan fingerprint density at radius 2 is 2.00 bits per heavy atom. The fraction of sp³-hybridized carbons (Fsp3) is 0.923. The zero-order valence-corrected chi connectivity index (χ0v) is 11.1. The molecule has 0 aromatic heterocycles. The molecule has 0 spiro atoms. The first-order valence-electron chi connectivity index (χ1n) is 6.40. The van der Waals surface area contributed by atoms with E-state index < -0.39 is 0 Å². The van der Waals surface area contributed by atoms with Crippen molar-refractivity contribution >= 4 is 5.91 Å². The van der Waals surface area contributed by atoms with E-state index in [1.165, 1.54) is 19.3 Å². The van der Waals surface area contributed by atoms with E-state index in [9.17, 15) is 4.79 Å². The molecule has 2 N–H and O–H groups in total. The van der Waals surface area contributed by atoms with Gasteiger partial charge in [0.15, 0.2) is 0 Å². The van der Waals surface area contributed by atoms with Gasteiger partial charge in [0, 0.05) is 13.1 Å². The molecule has 1 saturated carbocycles. The third-order valence-corrected chi connectivity index (χ3v) is 3.60. The summed E-state index contributed by atoms with van der Waals surface area (Å²) in [4.78, 5) is 14.1. The van der Waals surface area contributed by atoms with Gasteiger partial charge in [-0.15, -0.1) is 0 Å². The molecule has 1 rings (SSSR count). The van der Waals surface area contributed by atoms with E-state index >= 15 is 0 Å². The van der Waals surface area contributed by atoms with Crippen LogP contribution in [-0.2, 0) is 4.79 Å². The second-order valence-corrected chi connectivity index (χ2v) is 6.02. The summed E-state index contributed by atoms with van der Waals surface area (Å²) in [7, 11) is 0. The molecule has 0 saturated heterocycles. The molecule has 0 aromatic carbocycles. The van der Waals surface area contributed by atoms with Crippen molar-refractivity contribution < 1.29 is 4.79 Å². The predicted molar refractivity (Wildman–Crippen MR) is 67.0 cm³/mol. The van der Waals surface area contributed by atoms with Gasteiger partial charge in [-0.1, -0.05) is 27.2 Å². The first-order chi connectivity index (χ1) is 7.36. The van der Waals surface area contributed by atoms with Crippen molar-refractivity contribution in [1.82, 2.24) is 4.90 Å². The Kier molecular flexibility index (Phi) is 4.36. The molecule has 0 heterocycles. The van der Waals surface area contributed by atoms with Crippen LogP contribution in [0.3, 0.4) is 0 Å². The number of nitrogens with two attached hydrogens (primary N) is 1. The van der Waals surface area contributed by atoms with E-state index in [1.807, 2.05) is 32.6 Å². The van der Waals surface area contributed by atoms with Crippen LogP contribution in [0, 0.1) is 11.3 Å². The number of nitrogens with zero attached hydrogens (tertiary/aromatic N) is 1. The molecular weight excluding hydrogens is 200 g/mol. The van der Waals surface area contributed by atoms with E-state index in [-0.39, 0.29) is 17.4 Å². The van der Waals surface area contributed by atoms with Gasteiger partial charge in [-0.3, -0.25) is 4.79 Å². The highest BCUT2D eigenvalue weighted by molar-refractivity contribution is 5.82. The lowest BCUT2D eigenvalue weighted by Gasteiger charge is -2.36. The van der Waals surface area contributed by atoms with Crippen molar-refractivity contribution in [3.63, 3.8) is 0 Å². The molecule has 3 nitrogen and oxygen atoms in total. The zero-order chi connectivity index (χ0) is 12.3. The number of amides is 1. The summed E-state index contributed by atoms with van der Waals surface area (Å²) in [6.45, 7) is 9.77. The molecule has 1 atom stereocenters. The van der Waals surface area contributed by atoms with E-state index in [0.717, 1.165) is 19.0 Å². The van der Waals surface area contributed by atoms with E-state index in [0.29, 0.717) is 0 Å². The fourth-order valence-corrected chi connectivity index (χ4v) is 1.93. The standard InChI is InChI=1S/C13H26N2O/c1-5-15(9-10-7-6-8-10)12(16)11(14)13(2,3)4/h10-11H,5-9,14H2,1-4H3/t11-/m1/s1. The molecular formula is C13H26N2O. The van der Waals surface area contributed by atoms with Crippen molar-refractivity contribution in [2.45, 2.75) is 53.0 Å². The second kappa shape index (κ2) is 5.17. The summed E-state index contributed by atoms with van der Waals surface area (Å²) < 4.78 is 0. The van der Waals surface area contributed by atoms with Crippen LogP contribution in [-0.4, -0.2) is 29.9 Å². The van der Waals surface area contributed by atoms with Crippen LogP contribution in [0.2, 0.25) is 0 Å². The smallest absolute Gasteiger partial charge is 0.240 e. The summed E-state index contributed by atoms with van der Waals surface area (Å²) in [6.07, 6.45) is 3.87. The van der Waals surface area contributed by atoms with Gasteiger partial charge in [-0.05, 0) is 31.1 Å². The molecule has 1 fully saturated rings. The number of likely N-dealkylation sites (N-methyl/N-ethyl adjacent to an activating group) is 1. The first-order valence-corrected chi connectivity index (χ1v) is 6.40. The zero-order valence-electron chi connectivity index (χ0n) is 11.1. The average Bonchev–Trinajstić information content (AvgIpc) is 2.13. The van der Waals surface area contributed by atoms with E-state index in [1.54, 1.807) is 0 Å². The van der Waals surface area contributed by atoms with Gasteiger partial charge in [0.05, 0.1) is 6.04 Å². The molecule has 1 aliphatic carbocycles. The highest BCUT2D eigenvalue weighted by Crippen LogP contribution is 2.28.